The summed E-state index contributed by atoms with van der Waals surface area (Å²) < 4.78 is 11.2. The second kappa shape index (κ2) is 5.82. The second-order valence-corrected chi connectivity index (χ2v) is 6.67. The highest BCUT2D eigenvalue weighted by Crippen LogP contribution is 2.49. The van der Waals surface area contributed by atoms with E-state index in [9.17, 15) is 4.79 Å². The summed E-state index contributed by atoms with van der Waals surface area (Å²) in [6.07, 6.45) is 7.92. The number of ether oxygens (including phenoxy) is 2. The van der Waals surface area contributed by atoms with E-state index < -0.39 is 5.79 Å². The van der Waals surface area contributed by atoms with Crippen molar-refractivity contribution in [3.63, 3.8) is 0 Å². The second-order valence-electron chi connectivity index (χ2n) is 6.67. The van der Waals surface area contributed by atoms with Crippen molar-refractivity contribution in [1.29, 1.82) is 0 Å². The van der Waals surface area contributed by atoms with Gasteiger partial charge in [-0.05, 0) is 37.2 Å². The van der Waals surface area contributed by atoms with E-state index in [0.717, 1.165) is 19.1 Å². The molecule has 0 radical (unpaired) electrons. The normalized spacial score (nSPS) is 32.6. The summed E-state index contributed by atoms with van der Waals surface area (Å²) >= 11 is 0. The average Bonchev–Trinajstić information content (AvgIpc) is 2.80. The van der Waals surface area contributed by atoms with Crippen LogP contribution < -0.4 is 0 Å². The van der Waals surface area contributed by atoms with Crippen LogP contribution in [0.5, 0.6) is 0 Å². The van der Waals surface area contributed by atoms with Crippen LogP contribution in [0.3, 0.4) is 0 Å². The van der Waals surface area contributed by atoms with Crippen molar-refractivity contribution >= 4 is 6.29 Å². The number of hydrogen-bond acceptors (Lipinski definition) is 3. The largest absolute Gasteiger partial charge is 0.344 e. The topological polar surface area (TPSA) is 35.5 Å². The number of aldehydes is 1. The van der Waals surface area contributed by atoms with Crippen LogP contribution in [0.4, 0.5) is 0 Å². The zero-order valence-electron chi connectivity index (χ0n) is 12.9. The van der Waals surface area contributed by atoms with Gasteiger partial charge in [-0.25, -0.2) is 0 Å². The molecule has 1 aliphatic carbocycles. The molecule has 2 rings (SSSR count). The Labute approximate surface area is 122 Å². The molecule has 0 N–H and O–H groups in total. The molecule has 3 nitrogen and oxygen atoms in total. The van der Waals surface area contributed by atoms with E-state index in [1.807, 2.05) is 13.0 Å². The molecule has 112 valence electrons. The molecule has 0 unspecified atom stereocenters. The van der Waals surface area contributed by atoms with Crippen LogP contribution in [-0.4, -0.2) is 25.3 Å². The van der Waals surface area contributed by atoms with E-state index in [0.29, 0.717) is 25.6 Å². The molecular weight excluding hydrogens is 252 g/mol. The zero-order chi connectivity index (χ0) is 14.8. The Morgan fingerprint density at radius 1 is 1.30 bits per heavy atom. The highest BCUT2D eigenvalue weighted by atomic mass is 16.7. The predicted molar refractivity (Wildman–Crippen MR) is 79.3 cm³/mol. The first-order valence-electron chi connectivity index (χ1n) is 7.47. The number of rotatable bonds is 4. The molecule has 2 atom stereocenters. The maximum Gasteiger partial charge on any atom is 0.185 e. The number of allylic oxidation sites excluding steroid dienone is 2. The molecule has 2 fully saturated rings. The molecule has 1 aliphatic heterocycles. The standard InChI is InChI=1S/C17H26O3/c1-13-5-6-14(8-10-18)16(2,3)15(13)7-9-17(4)19-11-12-20-17/h7,9-10,14-15H,1,5-6,8,11-12H2,2-4H3/b9-7+/t14-,15-/m1/s1. The lowest BCUT2D eigenvalue weighted by molar-refractivity contribution is -0.110. The quantitative estimate of drug-likeness (QED) is 0.583. The minimum absolute atomic E-state index is 0.0434. The minimum Gasteiger partial charge on any atom is -0.344 e. The summed E-state index contributed by atoms with van der Waals surface area (Å²) in [5, 5.41) is 0. The van der Waals surface area contributed by atoms with Crippen molar-refractivity contribution in [2.45, 2.75) is 45.8 Å². The lowest BCUT2D eigenvalue weighted by atomic mass is 9.60. The summed E-state index contributed by atoms with van der Waals surface area (Å²) in [4.78, 5) is 10.9. The van der Waals surface area contributed by atoms with E-state index in [-0.39, 0.29) is 11.3 Å². The molecule has 0 aromatic rings. The first-order valence-corrected chi connectivity index (χ1v) is 7.47. The van der Waals surface area contributed by atoms with Gasteiger partial charge in [-0.2, -0.15) is 0 Å². The molecule has 3 heteroatoms. The van der Waals surface area contributed by atoms with Gasteiger partial charge in [-0.1, -0.05) is 32.1 Å². The predicted octanol–water partition coefficient (Wildman–Crippen LogP) is 3.50. The van der Waals surface area contributed by atoms with E-state index in [2.05, 4.69) is 26.5 Å². The molecule has 1 saturated heterocycles. The fourth-order valence-corrected chi connectivity index (χ4v) is 3.49. The Morgan fingerprint density at radius 3 is 2.55 bits per heavy atom. The highest BCUT2D eigenvalue weighted by molar-refractivity contribution is 5.50. The Balaban J connectivity index is 2.16. The minimum atomic E-state index is -0.603. The first kappa shape index (κ1) is 15.5. The fourth-order valence-electron chi connectivity index (χ4n) is 3.49. The molecule has 0 amide bonds. The van der Waals surface area contributed by atoms with Gasteiger partial charge >= 0.3 is 0 Å². The summed E-state index contributed by atoms with van der Waals surface area (Å²) in [6.45, 7) is 11.9. The summed E-state index contributed by atoms with van der Waals surface area (Å²) in [6, 6.07) is 0. The van der Waals surface area contributed by atoms with Gasteiger partial charge in [0.05, 0.1) is 13.2 Å². The lowest BCUT2D eigenvalue weighted by Crippen LogP contribution is -2.37. The fraction of sp³-hybridized carbons (Fsp3) is 0.706. The van der Waals surface area contributed by atoms with Crippen molar-refractivity contribution < 1.29 is 14.3 Å². The number of hydrogen-bond donors (Lipinski definition) is 0. The number of carbonyl (C=O) groups excluding carboxylic acids is 1. The molecular formula is C17H26O3. The van der Waals surface area contributed by atoms with E-state index in [1.165, 1.54) is 5.57 Å². The van der Waals surface area contributed by atoms with Crippen LogP contribution in [0, 0.1) is 17.3 Å². The Kier molecular flexibility index (Phi) is 4.50. The van der Waals surface area contributed by atoms with E-state index in [4.69, 9.17) is 9.47 Å². The van der Waals surface area contributed by atoms with Crippen molar-refractivity contribution in [3.8, 4) is 0 Å². The Bertz CT molecular complexity index is 402. The van der Waals surface area contributed by atoms with Crippen LogP contribution in [0.15, 0.2) is 24.3 Å². The van der Waals surface area contributed by atoms with Crippen LogP contribution in [0.25, 0.3) is 0 Å². The molecule has 1 saturated carbocycles. The van der Waals surface area contributed by atoms with Gasteiger partial charge < -0.3 is 14.3 Å². The summed E-state index contributed by atoms with van der Waals surface area (Å²) in [5.74, 6) is 0.0812. The van der Waals surface area contributed by atoms with Gasteiger partial charge in [-0.3, -0.25) is 0 Å². The van der Waals surface area contributed by atoms with Gasteiger partial charge in [0.1, 0.15) is 6.29 Å². The van der Waals surface area contributed by atoms with Gasteiger partial charge in [0.15, 0.2) is 5.79 Å². The van der Waals surface area contributed by atoms with Crippen LogP contribution in [-0.2, 0) is 14.3 Å². The van der Waals surface area contributed by atoms with E-state index in [1.54, 1.807) is 0 Å². The molecule has 0 aromatic heterocycles. The first-order chi connectivity index (χ1) is 9.39. The summed E-state index contributed by atoms with van der Waals surface area (Å²) in [5.41, 5.74) is 1.29. The molecule has 0 spiro atoms. The monoisotopic (exact) mass is 278 g/mol. The molecule has 0 bridgehead atoms. The SMILES string of the molecule is C=C1CC[C@H](CC=O)C(C)(C)[C@@H]1/C=C/C1(C)OCCO1. The number of carbonyl (C=O) groups is 1. The van der Waals surface area contributed by atoms with Gasteiger partial charge in [-0.15, -0.1) is 0 Å². The third-order valence-corrected chi connectivity index (χ3v) is 4.94. The third-order valence-electron chi connectivity index (χ3n) is 4.94. The van der Waals surface area contributed by atoms with Crippen LogP contribution in [0.1, 0.15) is 40.0 Å². The van der Waals surface area contributed by atoms with Gasteiger partial charge in [0.2, 0.25) is 0 Å². The molecule has 20 heavy (non-hydrogen) atoms. The third kappa shape index (κ3) is 3.04. The van der Waals surface area contributed by atoms with Crippen LogP contribution >= 0.6 is 0 Å². The van der Waals surface area contributed by atoms with Crippen molar-refractivity contribution in [2.75, 3.05) is 13.2 Å². The summed E-state index contributed by atoms with van der Waals surface area (Å²) in [7, 11) is 0. The van der Waals surface area contributed by atoms with Gasteiger partial charge in [0.25, 0.3) is 0 Å². The average molecular weight is 278 g/mol. The van der Waals surface area contributed by atoms with E-state index >= 15 is 0 Å². The molecule has 2 aliphatic rings. The molecule has 1 heterocycles. The smallest absolute Gasteiger partial charge is 0.185 e. The highest BCUT2D eigenvalue weighted by Gasteiger charge is 2.41. The van der Waals surface area contributed by atoms with Gasteiger partial charge in [0, 0.05) is 12.3 Å². The lowest BCUT2D eigenvalue weighted by Gasteiger charge is -2.45. The Hall–Kier alpha value is -0.930. The maximum absolute atomic E-state index is 10.9. The van der Waals surface area contributed by atoms with Crippen LogP contribution in [0.2, 0.25) is 0 Å². The van der Waals surface area contributed by atoms with Crippen molar-refractivity contribution in [1.82, 2.24) is 0 Å². The zero-order valence-corrected chi connectivity index (χ0v) is 12.9. The van der Waals surface area contributed by atoms with Crippen molar-refractivity contribution in [3.05, 3.63) is 24.3 Å². The Morgan fingerprint density at radius 2 is 1.95 bits per heavy atom. The van der Waals surface area contributed by atoms with Crippen molar-refractivity contribution in [2.24, 2.45) is 17.3 Å². The maximum atomic E-state index is 10.9. The molecule has 0 aromatic carbocycles.